The van der Waals surface area contributed by atoms with Gasteiger partial charge < -0.3 is 4.90 Å². The molecule has 1 nitrogen and oxygen atoms in total. The summed E-state index contributed by atoms with van der Waals surface area (Å²) in [7, 11) is 0. The third-order valence-corrected chi connectivity index (χ3v) is 11.3. The van der Waals surface area contributed by atoms with Gasteiger partial charge in [-0.15, -0.1) is 11.3 Å². The van der Waals surface area contributed by atoms with E-state index >= 15 is 0 Å². The van der Waals surface area contributed by atoms with Crippen LogP contribution < -0.4 is 4.90 Å². The van der Waals surface area contributed by atoms with Crippen LogP contribution in [0.15, 0.2) is 188 Å². The molecule has 0 radical (unpaired) electrons. The van der Waals surface area contributed by atoms with Gasteiger partial charge in [-0.3, -0.25) is 0 Å². The molecule has 1 aromatic heterocycles. The normalized spacial score (nSPS) is 11.6. The van der Waals surface area contributed by atoms with Crippen molar-refractivity contribution < 1.29 is 0 Å². The molecule has 0 saturated carbocycles. The Morgan fingerprint density at radius 3 is 1.62 bits per heavy atom. The van der Waals surface area contributed by atoms with Crippen molar-refractivity contribution in [2.75, 3.05) is 4.90 Å². The van der Waals surface area contributed by atoms with Gasteiger partial charge in [-0.2, -0.15) is 0 Å². The fraction of sp³-hybridized carbons (Fsp3) is 0. The Bertz CT molecular complexity index is 2850. The Hall–Kier alpha value is -6.22. The molecule has 2 heteroatoms. The predicted molar refractivity (Wildman–Crippen MR) is 217 cm³/mol. The third-order valence-electron chi connectivity index (χ3n) is 10.00. The Kier molecular flexibility index (Phi) is 6.75. The first-order chi connectivity index (χ1) is 24.8. The molecule has 0 unspecified atom stereocenters. The zero-order valence-electron chi connectivity index (χ0n) is 27.3. The molecule has 0 fully saturated rings. The Labute approximate surface area is 294 Å². The molecule has 0 N–H and O–H groups in total. The van der Waals surface area contributed by atoms with Gasteiger partial charge in [0.15, 0.2) is 0 Å². The summed E-state index contributed by atoms with van der Waals surface area (Å²) in [4.78, 5) is 2.43. The Morgan fingerprint density at radius 1 is 0.320 bits per heavy atom. The highest BCUT2D eigenvalue weighted by atomic mass is 32.1. The van der Waals surface area contributed by atoms with Crippen molar-refractivity contribution in [3.8, 4) is 22.3 Å². The highest BCUT2D eigenvalue weighted by Crippen LogP contribution is 2.49. The molecule has 0 aliphatic rings. The maximum Gasteiger partial charge on any atom is 0.0475 e. The van der Waals surface area contributed by atoms with Crippen molar-refractivity contribution in [2.45, 2.75) is 0 Å². The molecule has 0 spiro atoms. The number of rotatable bonds is 5. The van der Waals surface area contributed by atoms with E-state index in [-0.39, 0.29) is 0 Å². The minimum absolute atomic E-state index is 1.12. The smallest absolute Gasteiger partial charge is 0.0475 e. The largest absolute Gasteiger partial charge is 0.310 e. The number of fused-ring (bicyclic) bond motifs is 9. The quantitative estimate of drug-likeness (QED) is 0.167. The fourth-order valence-electron chi connectivity index (χ4n) is 7.65. The molecule has 0 aliphatic heterocycles. The molecular formula is C48H31NS. The van der Waals surface area contributed by atoms with Crippen LogP contribution in [0.3, 0.4) is 0 Å². The molecule has 10 rings (SSSR count). The fourth-order valence-corrected chi connectivity index (χ4v) is 9.02. The van der Waals surface area contributed by atoms with Crippen molar-refractivity contribution in [1.82, 2.24) is 0 Å². The number of hydrogen-bond donors (Lipinski definition) is 0. The van der Waals surface area contributed by atoms with E-state index in [1.165, 1.54) is 74.7 Å². The van der Waals surface area contributed by atoms with Gasteiger partial charge in [0.05, 0.1) is 0 Å². The second-order valence-corrected chi connectivity index (χ2v) is 13.9. The van der Waals surface area contributed by atoms with Crippen LogP contribution in [0.2, 0.25) is 0 Å². The molecule has 1 heterocycles. The van der Waals surface area contributed by atoms with Gasteiger partial charge in [0, 0.05) is 48.2 Å². The summed E-state index contributed by atoms with van der Waals surface area (Å²) in [6, 6.07) is 68.6. The van der Waals surface area contributed by atoms with Crippen LogP contribution >= 0.6 is 11.3 Å². The van der Waals surface area contributed by atoms with E-state index < -0.39 is 0 Å². The lowest BCUT2D eigenvalue weighted by molar-refractivity contribution is 1.30. The van der Waals surface area contributed by atoms with Crippen molar-refractivity contribution in [3.63, 3.8) is 0 Å². The number of anilines is 3. The highest BCUT2D eigenvalue weighted by Gasteiger charge is 2.21. The standard InChI is InChI=1S/C48H31NS/c1-3-13-32(14-4-1)34-23-26-37(27-24-34)49(38-28-25-33-15-7-8-18-36(33)29-38)39-30-44(35-16-5-2-6-17-35)47-45(31-39)46-42-21-11-9-19-40(42)41-20-10-12-22-43(41)48(46)50-47/h1-31H. The lowest BCUT2D eigenvalue weighted by Gasteiger charge is -2.27. The van der Waals surface area contributed by atoms with Crippen molar-refractivity contribution in [3.05, 3.63) is 188 Å². The van der Waals surface area contributed by atoms with Crippen LogP contribution in [0.1, 0.15) is 0 Å². The van der Waals surface area contributed by atoms with Crippen molar-refractivity contribution >= 4 is 80.9 Å². The molecule has 234 valence electrons. The minimum Gasteiger partial charge on any atom is -0.310 e. The maximum absolute atomic E-state index is 2.43. The van der Waals surface area contributed by atoms with Gasteiger partial charge in [-0.25, -0.2) is 0 Å². The lowest BCUT2D eigenvalue weighted by atomic mass is 9.95. The van der Waals surface area contributed by atoms with Gasteiger partial charge in [-0.1, -0.05) is 152 Å². The van der Waals surface area contributed by atoms with Gasteiger partial charge >= 0.3 is 0 Å². The summed E-state index contributed by atoms with van der Waals surface area (Å²) >= 11 is 1.92. The van der Waals surface area contributed by atoms with E-state index in [4.69, 9.17) is 0 Å². The molecule has 9 aromatic carbocycles. The third kappa shape index (κ3) is 4.69. The summed E-state index contributed by atoms with van der Waals surface area (Å²) < 4.78 is 2.66. The minimum atomic E-state index is 1.12. The molecule has 0 saturated heterocycles. The molecule has 0 bridgehead atoms. The van der Waals surface area contributed by atoms with Gasteiger partial charge in [0.25, 0.3) is 0 Å². The molecule has 0 aliphatic carbocycles. The Morgan fingerprint density at radius 2 is 0.880 bits per heavy atom. The van der Waals surface area contributed by atoms with Crippen molar-refractivity contribution in [1.29, 1.82) is 0 Å². The summed E-state index contributed by atoms with van der Waals surface area (Å²) in [5.74, 6) is 0. The SMILES string of the molecule is c1ccc(-c2ccc(N(c3ccc4ccccc4c3)c3cc(-c4ccccc4)c4sc5c6ccccc6c6ccccc6c5c4c3)cc2)cc1. The molecule has 50 heavy (non-hydrogen) atoms. The first-order valence-electron chi connectivity index (χ1n) is 17.1. The number of nitrogens with zero attached hydrogens (tertiary/aromatic N) is 1. The summed E-state index contributed by atoms with van der Waals surface area (Å²) in [6.45, 7) is 0. The zero-order valence-corrected chi connectivity index (χ0v) is 28.1. The van der Waals surface area contributed by atoms with Crippen LogP contribution in [0.4, 0.5) is 17.1 Å². The van der Waals surface area contributed by atoms with Crippen LogP contribution in [0.25, 0.3) is 74.7 Å². The average molecular weight is 654 g/mol. The van der Waals surface area contributed by atoms with Crippen LogP contribution in [0, 0.1) is 0 Å². The highest BCUT2D eigenvalue weighted by molar-refractivity contribution is 7.27. The van der Waals surface area contributed by atoms with E-state index in [1.54, 1.807) is 0 Å². The number of thiophene rings is 1. The second kappa shape index (κ2) is 11.7. The van der Waals surface area contributed by atoms with E-state index in [9.17, 15) is 0 Å². The Balaban J connectivity index is 1.30. The van der Waals surface area contributed by atoms with Crippen LogP contribution in [0.5, 0.6) is 0 Å². The first kappa shape index (κ1) is 28.8. The van der Waals surface area contributed by atoms with E-state index in [2.05, 4.69) is 193 Å². The van der Waals surface area contributed by atoms with Crippen LogP contribution in [-0.2, 0) is 0 Å². The van der Waals surface area contributed by atoms with Crippen molar-refractivity contribution in [2.24, 2.45) is 0 Å². The van der Waals surface area contributed by atoms with E-state index in [0.29, 0.717) is 0 Å². The van der Waals surface area contributed by atoms with E-state index in [0.717, 1.165) is 17.1 Å². The average Bonchev–Trinajstić information content (AvgIpc) is 3.59. The summed E-state index contributed by atoms with van der Waals surface area (Å²) in [6.07, 6.45) is 0. The topological polar surface area (TPSA) is 3.24 Å². The molecule has 0 amide bonds. The number of benzene rings is 9. The van der Waals surface area contributed by atoms with E-state index in [1.807, 2.05) is 11.3 Å². The van der Waals surface area contributed by atoms with Gasteiger partial charge in [0.1, 0.15) is 0 Å². The number of hydrogen-bond acceptors (Lipinski definition) is 2. The zero-order chi connectivity index (χ0) is 33.0. The summed E-state index contributed by atoms with van der Waals surface area (Å²) in [5.41, 5.74) is 8.27. The molecule has 10 aromatic rings. The molecule has 0 atom stereocenters. The molecular weight excluding hydrogens is 623 g/mol. The summed E-state index contributed by atoms with van der Waals surface area (Å²) in [5, 5.41) is 10.3. The monoisotopic (exact) mass is 653 g/mol. The maximum atomic E-state index is 2.43. The first-order valence-corrected chi connectivity index (χ1v) is 17.9. The van der Waals surface area contributed by atoms with Crippen LogP contribution in [-0.4, -0.2) is 0 Å². The second-order valence-electron chi connectivity index (χ2n) is 12.9. The lowest BCUT2D eigenvalue weighted by Crippen LogP contribution is -2.10. The van der Waals surface area contributed by atoms with Gasteiger partial charge in [-0.05, 0) is 80.0 Å². The predicted octanol–water partition coefficient (Wildman–Crippen LogP) is 14.3. The van der Waals surface area contributed by atoms with Gasteiger partial charge in [0.2, 0.25) is 0 Å².